The maximum Gasteiger partial charge on any atom is 0.253 e. The Bertz CT molecular complexity index is 494. The number of aryl methyl sites for hydroxylation is 1. The van der Waals surface area contributed by atoms with E-state index in [9.17, 15) is 8.42 Å². The summed E-state index contributed by atoms with van der Waals surface area (Å²) in [6, 6.07) is 1.57. The molecule has 0 aromatic carbocycles. The quantitative estimate of drug-likeness (QED) is 0.793. The molecule has 1 rings (SSSR count). The predicted octanol–water partition coefficient (Wildman–Crippen LogP) is 2.35. The van der Waals surface area contributed by atoms with Gasteiger partial charge >= 0.3 is 0 Å². The molecule has 6 heteroatoms. The van der Waals surface area contributed by atoms with Crippen molar-refractivity contribution in [2.24, 2.45) is 0 Å². The number of terminal acetylenes is 1. The molecule has 0 N–H and O–H groups in total. The summed E-state index contributed by atoms with van der Waals surface area (Å²) in [6.45, 7) is 3.95. The number of nitrogens with zero attached hydrogens (tertiary/aromatic N) is 1. The van der Waals surface area contributed by atoms with E-state index in [1.165, 1.54) is 4.31 Å². The van der Waals surface area contributed by atoms with Crippen LogP contribution < -0.4 is 0 Å². The zero-order valence-corrected chi connectivity index (χ0v) is 11.4. The van der Waals surface area contributed by atoms with E-state index in [0.717, 1.165) is 16.9 Å². The first-order valence-corrected chi connectivity index (χ1v) is 7.26. The Morgan fingerprint density at radius 1 is 1.62 bits per heavy atom. The molecule has 0 aliphatic heterocycles. The zero-order valence-electron chi connectivity index (χ0n) is 9.03. The normalized spacial score (nSPS) is 11.7. The molecule has 1 aromatic heterocycles. The molecule has 0 radical (unpaired) electrons. The minimum Gasteiger partial charge on any atom is -0.206 e. The lowest BCUT2D eigenvalue weighted by atomic mass is 10.4. The molecule has 0 spiro atoms. The molecule has 88 valence electrons. The summed E-state index contributed by atoms with van der Waals surface area (Å²) in [5.41, 5.74) is 0.766. The van der Waals surface area contributed by atoms with E-state index in [1.54, 1.807) is 19.9 Å². The van der Waals surface area contributed by atoms with E-state index in [2.05, 4.69) is 5.92 Å². The summed E-state index contributed by atoms with van der Waals surface area (Å²) in [6.07, 6.45) is 5.14. The van der Waals surface area contributed by atoms with Crippen LogP contribution in [0.5, 0.6) is 0 Å². The topological polar surface area (TPSA) is 37.4 Å². The van der Waals surface area contributed by atoms with Gasteiger partial charge in [0.15, 0.2) is 0 Å². The lowest BCUT2D eigenvalue weighted by molar-refractivity contribution is 0.466. The number of halogens is 1. The first-order valence-electron chi connectivity index (χ1n) is 4.63. The van der Waals surface area contributed by atoms with E-state index < -0.39 is 10.0 Å². The summed E-state index contributed by atoms with van der Waals surface area (Å²) in [7, 11) is -3.49. The fourth-order valence-electron chi connectivity index (χ4n) is 1.15. The Balaban J connectivity index is 3.15. The van der Waals surface area contributed by atoms with Crippen molar-refractivity contribution in [3.63, 3.8) is 0 Å². The molecular formula is C10H12ClNO2S2. The number of rotatable bonds is 4. The fourth-order valence-corrected chi connectivity index (χ4v) is 4.38. The molecule has 0 bridgehead atoms. The van der Waals surface area contributed by atoms with Gasteiger partial charge in [-0.2, -0.15) is 4.31 Å². The van der Waals surface area contributed by atoms with Gasteiger partial charge in [-0.1, -0.05) is 24.4 Å². The first-order chi connectivity index (χ1) is 7.43. The van der Waals surface area contributed by atoms with Crippen LogP contribution in [0.15, 0.2) is 10.3 Å². The number of hydrogen-bond acceptors (Lipinski definition) is 3. The van der Waals surface area contributed by atoms with Gasteiger partial charge in [-0.3, -0.25) is 0 Å². The average molecular weight is 278 g/mol. The van der Waals surface area contributed by atoms with Crippen molar-refractivity contribution in [2.75, 3.05) is 13.1 Å². The van der Waals surface area contributed by atoms with Crippen LogP contribution in [0.1, 0.15) is 12.5 Å². The Hall–Kier alpha value is -0.540. The number of thiophene rings is 1. The van der Waals surface area contributed by atoms with Crippen molar-refractivity contribution in [1.29, 1.82) is 0 Å². The van der Waals surface area contributed by atoms with Crippen molar-refractivity contribution in [1.82, 2.24) is 4.31 Å². The summed E-state index contributed by atoms with van der Waals surface area (Å²) < 4.78 is 26.2. The second kappa shape index (κ2) is 5.19. The second-order valence-electron chi connectivity index (χ2n) is 3.16. The van der Waals surface area contributed by atoms with Crippen molar-refractivity contribution >= 4 is 33.0 Å². The fraction of sp³-hybridized carbons (Fsp3) is 0.400. The lowest BCUT2D eigenvalue weighted by Gasteiger charge is -2.16. The van der Waals surface area contributed by atoms with Crippen LogP contribution >= 0.6 is 22.9 Å². The van der Waals surface area contributed by atoms with Gasteiger partial charge in [0.25, 0.3) is 10.0 Å². The molecule has 16 heavy (non-hydrogen) atoms. The maximum atomic E-state index is 12.1. The predicted molar refractivity (Wildman–Crippen MR) is 67.3 cm³/mol. The first kappa shape index (κ1) is 13.5. The molecule has 0 fully saturated rings. The Labute approximate surface area is 105 Å². The molecule has 0 aliphatic rings. The van der Waals surface area contributed by atoms with Crippen LogP contribution in [0.4, 0.5) is 0 Å². The van der Waals surface area contributed by atoms with E-state index in [0.29, 0.717) is 10.9 Å². The highest BCUT2D eigenvalue weighted by Gasteiger charge is 2.24. The Morgan fingerprint density at radius 3 is 2.62 bits per heavy atom. The van der Waals surface area contributed by atoms with Gasteiger partial charge in [-0.05, 0) is 18.6 Å². The largest absolute Gasteiger partial charge is 0.253 e. The molecule has 3 nitrogen and oxygen atoms in total. The third-order valence-corrected chi connectivity index (χ3v) is 5.97. The minimum atomic E-state index is -3.49. The highest BCUT2D eigenvalue weighted by Crippen LogP contribution is 2.31. The van der Waals surface area contributed by atoms with Crippen LogP contribution in [0.25, 0.3) is 0 Å². The highest BCUT2D eigenvalue weighted by atomic mass is 35.5. The van der Waals surface area contributed by atoms with Crippen molar-refractivity contribution in [2.45, 2.75) is 18.1 Å². The van der Waals surface area contributed by atoms with Crippen molar-refractivity contribution in [3.8, 4) is 12.3 Å². The number of sulfonamides is 1. The van der Waals surface area contributed by atoms with Crippen LogP contribution in [-0.2, 0) is 10.0 Å². The molecule has 0 unspecified atom stereocenters. The van der Waals surface area contributed by atoms with Crippen molar-refractivity contribution in [3.05, 3.63) is 16.0 Å². The average Bonchev–Trinajstić information content (AvgIpc) is 2.56. The Kier molecular flexibility index (Phi) is 4.39. The van der Waals surface area contributed by atoms with Crippen LogP contribution in [-0.4, -0.2) is 25.8 Å². The molecule has 1 aromatic rings. The van der Waals surface area contributed by atoms with Crippen LogP contribution in [0.3, 0.4) is 0 Å². The summed E-state index contributed by atoms with van der Waals surface area (Å²) >= 11 is 6.91. The highest BCUT2D eigenvalue weighted by molar-refractivity contribution is 7.91. The van der Waals surface area contributed by atoms with Gasteiger partial charge in [0.05, 0.1) is 10.9 Å². The lowest BCUT2D eigenvalue weighted by Crippen LogP contribution is -2.30. The maximum absolute atomic E-state index is 12.1. The summed E-state index contributed by atoms with van der Waals surface area (Å²) in [4.78, 5) is 0. The summed E-state index contributed by atoms with van der Waals surface area (Å²) in [5, 5.41) is 0. The van der Waals surface area contributed by atoms with E-state index in [4.69, 9.17) is 18.0 Å². The third kappa shape index (κ3) is 2.58. The number of hydrogen-bond donors (Lipinski definition) is 0. The molecule has 0 atom stereocenters. The minimum absolute atomic E-state index is 0.0768. The molecule has 0 saturated heterocycles. The monoisotopic (exact) mass is 277 g/mol. The van der Waals surface area contributed by atoms with E-state index in [-0.39, 0.29) is 10.8 Å². The smallest absolute Gasteiger partial charge is 0.206 e. The van der Waals surface area contributed by atoms with Gasteiger partial charge < -0.3 is 0 Å². The molecule has 0 amide bonds. The summed E-state index contributed by atoms with van der Waals surface area (Å²) in [5.74, 6) is 2.33. The van der Waals surface area contributed by atoms with Gasteiger partial charge in [0.1, 0.15) is 4.21 Å². The van der Waals surface area contributed by atoms with Gasteiger partial charge in [-0.15, -0.1) is 17.8 Å². The SMILES string of the molecule is C#CCN(CC)S(=O)(=O)c1cc(C)c(Cl)s1. The molecule has 1 heterocycles. The zero-order chi connectivity index (χ0) is 12.3. The van der Waals surface area contributed by atoms with Gasteiger partial charge in [-0.25, -0.2) is 8.42 Å². The van der Waals surface area contributed by atoms with Crippen LogP contribution in [0.2, 0.25) is 4.34 Å². The van der Waals surface area contributed by atoms with Gasteiger partial charge in [0, 0.05) is 6.54 Å². The second-order valence-corrected chi connectivity index (χ2v) is 6.98. The van der Waals surface area contributed by atoms with E-state index in [1.807, 2.05) is 0 Å². The molecule has 0 aliphatic carbocycles. The van der Waals surface area contributed by atoms with Crippen molar-refractivity contribution < 1.29 is 8.42 Å². The Morgan fingerprint density at radius 2 is 2.25 bits per heavy atom. The standard InChI is InChI=1S/C10H12ClNO2S2/c1-4-6-12(5-2)16(13,14)9-7-8(3)10(11)15-9/h1,7H,5-6H2,2-3H3. The van der Waals surface area contributed by atoms with E-state index >= 15 is 0 Å². The third-order valence-electron chi connectivity index (χ3n) is 2.05. The van der Waals surface area contributed by atoms with Crippen LogP contribution in [0, 0.1) is 19.3 Å². The van der Waals surface area contributed by atoms with Gasteiger partial charge in [0.2, 0.25) is 0 Å². The molecule has 0 saturated carbocycles. The molecular weight excluding hydrogens is 266 g/mol.